The highest BCUT2D eigenvalue weighted by Crippen LogP contribution is 2.37. The van der Waals surface area contributed by atoms with E-state index in [1.165, 1.54) is 4.31 Å². The molecule has 0 bridgehead atoms. The highest BCUT2D eigenvalue weighted by molar-refractivity contribution is 9.10. The smallest absolute Gasteiger partial charge is 0.310 e. The van der Waals surface area contributed by atoms with Crippen LogP contribution in [0.1, 0.15) is 18.4 Å². The van der Waals surface area contributed by atoms with Gasteiger partial charge >= 0.3 is 5.97 Å². The van der Waals surface area contributed by atoms with E-state index in [1.54, 1.807) is 30.3 Å². The normalized spacial score (nSPS) is 17.7. The van der Waals surface area contributed by atoms with Gasteiger partial charge in [-0.2, -0.15) is 4.31 Å². The summed E-state index contributed by atoms with van der Waals surface area (Å²) in [6.45, 7) is 0.417. The van der Waals surface area contributed by atoms with Crippen molar-refractivity contribution in [2.45, 2.75) is 24.2 Å². The lowest BCUT2D eigenvalue weighted by Crippen LogP contribution is -2.47. The van der Waals surface area contributed by atoms with E-state index in [1.807, 2.05) is 24.3 Å². The van der Waals surface area contributed by atoms with Gasteiger partial charge in [-0.1, -0.05) is 46.3 Å². The van der Waals surface area contributed by atoms with Crippen LogP contribution in [0.15, 0.2) is 64.0 Å². The van der Waals surface area contributed by atoms with Crippen LogP contribution in [-0.4, -0.2) is 36.9 Å². The lowest BCUT2D eigenvalue weighted by molar-refractivity contribution is -0.151. The molecule has 7 heteroatoms. The second-order valence-electron chi connectivity index (χ2n) is 6.61. The largest absolute Gasteiger partial charge is 0.481 e. The molecule has 0 amide bonds. The number of halogens is 1. The Kier molecular flexibility index (Phi) is 5.50. The average molecular weight is 438 g/mol. The van der Waals surface area contributed by atoms with Crippen LogP contribution >= 0.6 is 15.9 Å². The molecular weight excluding hydrogens is 418 g/mol. The van der Waals surface area contributed by atoms with E-state index in [-0.39, 0.29) is 18.0 Å². The number of benzene rings is 2. The van der Waals surface area contributed by atoms with Gasteiger partial charge in [-0.3, -0.25) is 4.79 Å². The third kappa shape index (κ3) is 3.84. The van der Waals surface area contributed by atoms with E-state index >= 15 is 0 Å². The highest BCUT2D eigenvalue weighted by atomic mass is 79.9. The summed E-state index contributed by atoms with van der Waals surface area (Å²) < 4.78 is 27.8. The number of aliphatic carboxylic acids is 1. The summed E-state index contributed by atoms with van der Waals surface area (Å²) in [5.74, 6) is -0.864. The van der Waals surface area contributed by atoms with Crippen molar-refractivity contribution in [3.05, 3.63) is 64.6 Å². The Balaban J connectivity index is 1.77. The molecular formula is C19H20BrNO4S. The fraction of sp³-hybridized carbons (Fsp3) is 0.316. The molecule has 2 aromatic rings. The van der Waals surface area contributed by atoms with Gasteiger partial charge in [0, 0.05) is 17.6 Å². The van der Waals surface area contributed by atoms with E-state index in [4.69, 9.17) is 0 Å². The van der Waals surface area contributed by atoms with Gasteiger partial charge in [0.15, 0.2) is 0 Å². The molecule has 1 fully saturated rings. The van der Waals surface area contributed by atoms with Gasteiger partial charge in [0.2, 0.25) is 10.0 Å². The summed E-state index contributed by atoms with van der Waals surface area (Å²) >= 11 is 3.38. The molecule has 3 rings (SSSR count). The van der Waals surface area contributed by atoms with Gasteiger partial charge in [-0.15, -0.1) is 0 Å². The topological polar surface area (TPSA) is 74.7 Å². The zero-order valence-corrected chi connectivity index (χ0v) is 16.5. The number of sulfonamides is 1. The van der Waals surface area contributed by atoms with Crippen molar-refractivity contribution < 1.29 is 18.3 Å². The maximum atomic E-state index is 12.7. The number of piperidine rings is 1. The molecule has 5 nitrogen and oxygen atoms in total. The summed E-state index contributed by atoms with van der Waals surface area (Å²) in [5.41, 5.74) is 0.00579. The molecule has 26 heavy (non-hydrogen) atoms. The lowest BCUT2D eigenvalue weighted by atomic mass is 9.74. The van der Waals surface area contributed by atoms with Gasteiger partial charge in [0.05, 0.1) is 10.3 Å². The number of rotatable bonds is 5. The Morgan fingerprint density at radius 3 is 2.15 bits per heavy atom. The Labute approximate surface area is 161 Å². The number of hydrogen-bond donors (Lipinski definition) is 1. The summed E-state index contributed by atoms with van der Waals surface area (Å²) in [5, 5.41) is 9.83. The zero-order chi connectivity index (χ0) is 18.8. The molecule has 1 aliphatic heterocycles. The fourth-order valence-corrected chi connectivity index (χ4v) is 5.08. The molecule has 0 radical (unpaired) electrons. The minimum atomic E-state index is -3.58. The average Bonchev–Trinajstić information content (AvgIpc) is 2.65. The van der Waals surface area contributed by atoms with Crippen LogP contribution in [0.2, 0.25) is 0 Å². The highest BCUT2D eigenvalue weighted by Gasteiger charge is 2.44. The van der Waals surface area contributed by atoms with E-state index in [0.29, 0.717) is 19.3 Å². The Morgan fingerprint density at radius 1 is 1.04 bits per heavy atom. The van der Waals surface area contributed by atoms with Crippen molar-refractivity contribution in [3.63, 3.8) is 0 Å². The first-order valence-corrected chi connectivity index (χ1v) is 10.6. The third-order valence-corrected chi connectivity index (χ3v) is 7.41. The van der Waals surface area contributed by atoms with Crippen molar-refractivity contribution in [1.82, 2.24) is 4.31 Å². The first-order valence-electron chi connectivity index (χ1n) is 8.37. The van der Waals surface area contributed by atoms with Crippen LogP contribution in [0.4, 0.5) is 0 Å². The first kappa shape index (κ1) is 19.1. The first-order chi connectivity index (χ1) is 12.3. The quantitative estimate of drug-likeness (QED) is 0.775. The molecule has 2 aromatic carbocycles. The molecule has 138 valence electrons. The number of nitrogens with zero attached hydrogens (tertiary/aromatic N) is 1. The SMILES string of the molecule is O=C(O)C1(Cc2ccc(Br)cc2)CCN(S(=O)(=O)c2ccccc2)CC1. The van der Waals surface area contributed by atoms with Crippen molar-refractivity contribution >= 4 is 31.9 Å². The van der Waals surface area contributed by atoms with Gasteiger partial charge in [0.1, 0.15) is 0 Å². The number of carboxylic acid groups (broad SMARTS) is 1. The summed E-state index contributed by atoms with van der Waals surface area (Å²) in [7, 11) is -3.58. The van der Waals surface area contributed by atoms with Crippen molar-refractivity contribution in [1.29, 1.82) is 0 Å². The van der Waals surface area contributed by atoms with Crippen LogP contribution in [0.5, 0.6) is 0 Å². The third-order valence-electron chi connectivity index (χ3n) is 4.97. The van der Waals surface area contributed by atoms with Gasteiger partial charge < -0.3 is 5.11 Å². The minimum absolute atomic E-state index is 0.208. The van der Waals surface area contributed by atoms with Crippen molar-refractivity contribution in [2.75, 3.05) is 13.1 Å². The van der Waals surface area contributed by atoms with Crippen LogP contribution in [0, 0.1) is 5.41 Å². The fourth-order valence-electron chi connectivity index (χ4n) is 3.36. The van der Waals surface area contributed by atoms with Crippen molar-refractivity contribution in [3.8, 4) is 0 Å². The molecule has 1 saturated heterocycles. The second kappa shape index (κ2) is 7.50. The minimum Gasteiger partial charge on any atom is -0.481 e. The Morgan fingerprint density at radius 2 is 1.62 bits per heavy atom. The Hall–Kier alpha value is -1.70. The van der Waals surface area contributed by atoms with E-state index in [2.05, 4.69) is 15.9 Å². The number of carboxylic acids is 1. The van der Waals surface area contributed by atoms with Crippen LogP contribution in [0.25, 0.3) is 0 Å². The molecule has 0 unspecified atom stereocenters. The van der Waals surface area contributed by atoms with Crippen molar-refractivity contribution in [2.24, 2.45) is 5.41 Å². The number of carbonyl (C=O) groups is 1. The summed E-state index contributed by atoms with van der Waals surface area (Å²) in [6.07, 6.45) is 0.990. The van der Waals surface area contributed by atoms with Gasteiger partial charge in [0.25, 0.3) is 0 Å². The monoisotopic (exact) mass is 437 g/mol. The van der Waals surface area contributed by atoms with Crippen LogP contribution < -0.4 is 0 Å². The Bertz CT molecular complexity index is 874. The summed E-state index contributed by atoms with van der Waals surface area (Å²) in [6, 6.07) is 15.9. The van der Waals surface area contributed by atoms with E-state index < -0.39 is 21.4 Å². The predicted molar refractivity (Wildman–Crippen MR) is 102 cm³/mol. The molecule has 0 aromatic heterocycles. The van der Waals surface area contributed by atoms with Gasteiger partial charge in [-0.05, 0) is 49.1 Å². The van der Waals surface area contributed by atoms with E-state index in [0.717, 1.165) is 10.0 Å². The van der Waals surface area contributed by atoms with Crippen LogP contribution in [0.3, 0.4) is 0 Å². The number of hydrogen-bond acceptors (Lipinski definition) is 3. The molecule has 0 atom stereocenters. The molecule has 0 spiro atoms. The maximum Gasteiger partial charge on any atom is 0.310 e. The zero-order valence-electron chi connectivity index (χ0n) is 14.1. The maximum absolute atomic E-state index is 12.7. The molecule has 0 aliphatic carbocycles. The molecule has 1 heterocycles. The predicted octanol–water partition coefficient (Wildman–Crippen LogP) is 3.55. The van der Waals surface area contributed by atoms with Crippen LogP contribution in [-0.2, 0) is 21.2 Å². The lowest BCUT2D eigenvalue weighted by Gasteiger charge is -2.38. The molecule has 1 N–H and O–H groups in total. The standard InChI is InChI=1S/C19H20BrNO4S/c20-16-8-6-15(7-9-16)14-19(18(22)23)10-12-21(13-11-19)26(24,25)17-4-2-1-3-5-17/h1-9H,10-14H2,(H,22,23). The second-order valence-corrected chi connectivity index (χ2v) is 9.46. The van der Waals surface area contributed by atoms with E-state index in [9.17, 15) is 18.3 Å². The summed E-state index contributed by atoms with van der Waals surface area (Å²) in [4.78, 5) is 12.2. The molecule has 1 aliphatic rings. The van der Waals surface area contributed by atoms with Gasteiger partial charge in [-0.25, -0.2) is 8.42 Å². The molecule has 0 saturated carbocycles.